The second-order valence-electron chi connectivity index (χ2n) is 4.17. The van der Waals surface area contributed by atoms with E-state index in [0.717, 1.165) is 23.8 Å². The van der Waals surface area contributed by atoms with Crippen LogP contribution in [0.5, 0.6) is 0 Å². The van der Waals surface area contributed by atoms with Crippen LogP contribution in [0.15, 0.2) is 36.4 Å². The minimum Gasteiger partial charge on any atom is -0.320 e. The van der Waals surface area contributed by atoms with E-state index in [1.54, 1.807) is 12.1 Å². The maximum Gasteiger partial charge on any atom is 0.128 e. The Morgan fingerprint density at radius 1 is 1.06 bits per heavy atom. The summed E-state index contributed by atoms with van der Waals surface area (Å²) in [5, 5.41) is 0.450. The molecule has 2 aromatic rings. The normalized spacial score (nSPS) is 12.5. The van der Waals surface area contributed by atoms with Gasteiger partial charge in [0.15, 0.2) is 0 Å². The molecule has 1 atom stereocenters. The molecule has 0 aliphatic rings. The van der Waals surface area contributed by atoms with Crippen LogP contribution >= 0.6 is 11.6 Å². The fourth-order valence-corrected chi connectivity index (χ4v) is 2.16. The minimum absolute atomic E-state index is 0.0979. The zero-order chi connectivity index (χ0) is 13.3. The SMILES string of the molecule is Cc1ccc(C(N)c2cc(F)ccc2F)c(Cl)c1. The highest BCUT2D eigenvalue weighted by molar-refractivity contribution is 6.31. The monoisotopic (exact) mass is 267 g/mol. The second-order valence-corrected chi connectivity index (χ2v) is 4.58. The summed E-state index contributed by atoms with van der Waals surface area (Å²) < 4.78 is 26.8. The standard InChI is InChI=1S/C14H12ClF2N/c1-8-2-4-10(12(15)6-8)14(18)11-7-9(16)3-5-13(11)17/h2-7,14H,18H2,1H3. The molecule has 0 heterocycles. The summed E-state index contributed by atoms with van der Waals surface area (Å²) in [5.74, 6) is -1.06. The van der Waals surface area contributed by atoms with Crippen molar-refractivity contribution in [3.05, 3.63) is 69.7 Å². The van der Waals surface area contributed by atoms with E-state index in [1.807, 2.05) is 13.0 Å². The average molecular weight is 268 g/mol. The first-order valence-corrected chi connectivity index (χ1v) is 5.83. The van der Waals surface area contributed by atoms with Crippen molar-refractivity contribution in [2.45, 2.75) is 13.0 Å². The molecule has 0 aliphatic heterocycles. The molecule has 0 saturated heterocycles. The Labute approximate surface area is 109 Å². The maximum atomic E-state index is 13.6. The Balaban J connectivity index is 2.47. The molecule has 2 rings (SSSR count). The number of hydrogen-bond donors (Lipinski definition) is 1. The number of rotatable bonds is 2. The number of benzene rings is 2. The molecule has 4 heteroatoms. The van der Waals surface area contributed by atoms with E-state index in [1.165, 1.54) is 0 Å². The lowest BCUT2D eigenvalue weighted by Gasteiger charge is -2.15. The summed E-state index contributed by atoms with van der Waals surface area (Å²) >= 11 is 6.07. The molecule has 0 saturated carbocycles. The summed E-state index contributed by atoms with van der Waals surface area (Å²) in [6, 6.07) is 7.73. The third-order valence-electron chi connectivity index (χ3n) is 2.78. The van der Waals surface area contributed by atoms with Gasteiger partial charge in [-0.15, -0.1) is 0 Å². The number of aryl methyl sites for hydroxylation is 1. The van der Waals surface area contributed by atoms with Crippen LogP contribution in [0, 0.1) is 18.6 Å². The molecule has 2 aromatic carbocycles. The predicted molar refractivity (Wildman–Crippen MR) is 68.6 cm³/mol. The largest absolute Gasteiger partial charge is 0.320 e. The maximum absolute atomic E-state index is 13.6. The summed E-state index contributed by atoms with van der Waals surface area (Å²) in [6.07, 6.45) is 0. The van der Waals surface area contributed by atoms with E-state index in [9.17, 15) is 8.78 Å². The summed E-state index contributed by atoms with van der Waals surface area (Å²) in [7, 11) is 0. The first kappa shape index (κ1) is 13.0. The quantitative estimate of drug-likeness (QED) is 0.875. The summed E-state index contributed by atoms with van der Waals surface area (Å²) in [6.45, 7) is 1.89. The number of halogens is 3. The van der Waals surface area contributed by atoms with Crippen LogP contribution in [0.4, 0.5) is 8.78 Å². The Hall–Kier alpha value is -1.45. The molecule has 0 amide bonds. The van der Waals surface area contributed by atoms with Crippen LogP contribution in [-0.2, 0) is 0 Å². The van der Waals surface area contributed by atoms with Crippen LogP contribution in [-0.4, -0.2) is 0 Å². The molecule has 18 heavy (non-hydrogen) atoms. The van der Waals surface area contributed by atoms with Crippen LogP contribution in [0.1, 0.15) is 22.7 Å². The highest BCUT2D eigenvalue weighted by atomic mass is 35.5. The molecule has 94 valence electrons. The summed E-state index contributed by atoms with van der Waals surface area (Å²) in [4.78, 5) is 0. The van der Waals surface area contributed by atoms with Crippen molar-refractivity contribution in [1.29, 1.82) is 0 Å². The van der Waals surface area contributed by atoms with Crippen LogP contribution in [0.2, 0.25) is 5.02 Å². The van der Waals surface area contributed by atoms with Gasteiger partial charge in [-0.1, -0.05) is 23.7 Å². The van der Waals surface area contributed by atoms with Gasteiger partial charge in [0.2, 0.25) is 0 Å². The van der Waals surface area contributed by atoms with Crippen molar-refractivity contribution in [3.8, 4) is 0 Å². The molecule has 0 spiro atoms. The third kappa shape index (κ3) is 2.52. The number of hydrogen-bond acceptors (Lipinski definition) is 1. The zero-order valence-electron chi connectivity index (χ0n) is 9.75. The van der Waals surface area contributed by atoms with Gasteiger partial charge < -0.3 is 5.73 Å². The van der Waals surface area contributed by atoms with Gasteiger partial charge in [-0.05, 0) is 42.3 Å². The highest BCUT2D eigenvalue weighted by Crippen LogP contribution is 2.29. The molecule has 0 aromatic heterocycles. The summed E-state index contributed by atoms with van der Waals surface area (Å²) in [5.41, 5.74) is 7.60. The Kier molecular flexibility index (Phi) is 3.64. The van der Waals surface area contributed by atoms with E-state index >= 15 is 0 Å². The number of nitrogens with two attached hydrogens (primary N) is 1. The lowest BCUT2D eigenvalue weighted by Crippen LogP contribution is -2.14. The molecule has 1 nitrogen and oxygen atoms in total. The zero-order valence-corrected chi connectivity index (χ0v) is 10.5. The van der Waals surface area contributed by atoms with E-state index in [-0.39, 0.29) is 5.56 Å². The van der Waals surface area contributed by atoms with E-state index in [2.05, 4.69) is 0 Å². The van der Waals surface area contributed by atoms with Crippen LogP contribution in [0.3, 0.4) is 0 Å². The van der Waals surface area contributed by atoms with Gasteiger partial charge in [-0.3, -0.25) is 0 Å². The van der Waals surface area contributed by atoms with Gasteiger partial charge in [0.05, 0.1) is 6.04 Å². The molecular weight excluding hydrogens is 256 g/mol. The Bertz CT molecular complexity index is 584. The molecule has 0 bridgehead atoms. The van der Waals surface area contributed by atoms with Crippen LogP contribution < -0.4 is 5.73 Å². The first-order chi connectivity index (χ1) is 8.49. The fraction of sp³-hybridized carbons (Fsp3) is 0.143. The average Bonchev–Trinajstić information content (AvgIpc) is 2.31. The molecule has 0 fully saturated rings. The fourth-order valence-electron chi connectivity index (χ4n) is 1.80. The molecule has 0 aliphatic carbocycles. The first-order valence-electron chi connectivity index (χ1n) is 5.45. The third-order valence-corrected chi connectivity index (χ3v) is 3.11. The molecule has 1 unspecified atom stereocenters. The van der Waals surface area contributed by atoms with Crippen molar-refractivity contribution < 1.29 is 8.78 Å². The van der Waals surface area contributed by atoms with E-state index < -0.39 is 17.7 Å². The molecule has 2 N–H and O–H groups in total. The lowest BCUT2D eigenvalue weighted by atomic mass is 9.98. The Morgan fingerprint density at radius 3 is 2.44 bits per heavy atom. The molecule has 0 radical (unpaired) electrons. The van der Waals surface area contributed by atoms with Gasteiger partial charge in [0, 0.05) is 10.6 Å². The second kappa shape index (κ2) is 5.04. The van der Waals surface area contributed by atoms with Crippen LogP contribution in [0.25, 0.3) is 0 Å². The predicted octanol–water partition coefficient (Wildman–Crippen LogP) is 3.97. The van der Waals surface area contributed by atoms with Gasteiger partial charge in [0.1, 0.15) is 11.6 Å². The van der Waals surface area contributed by atoms with Crippen molar-refractivity contribution in [2.75, 3.05) is 0 Å². The van der Waals surface area contributed by atoms with Crippen molar-refractivity contribution in [3.63, 3.8) is 0 Å². The Morgan fingerprint density at radius 2 is 1.78 bits per heavy atom. The van der Waals surface area contributed by atoms with Crippen molar-refractivity contribution in [2.24, 2.45) is 5.73 Å². The smallest absolute Gasteiger partial charge is 0.128 e. The van der Waals surface area contributed by atoms with Gasteiger partial charge >= 0.3 is 0 Å². The molecular formula is C14H12ClF2N. The van der Waals surface area contributed by atoms with Gasteiger partial charge in [-0.25, -0.2) is 8.78 Å². The van der Waals surface area contributed by atoms with E-state index in [0.29, 0.717) is 10.6 Å². The van der Waals surface area contributed by atoms with E-state index in [4.69, 9.17) is 17.3 Å². The van der Waals surface area contributed by atoms with Gasteiger partial charge in [0.25, 0.3) is 0 Å². The van der Waals surface area contributed by atoms with Gasteiger partial charge in [-0.2, -0.15) is 0 Å². The lowest BCUT2D eigenvalue weighted by molar-refractivity contribution is 0.576. The minimum atomic E-state index is -0.784. The van der Waals surface area contributed by atoms with Crippen molar-refractivity contribution >= 4 is 11.6 Å². The highest BCUT2D eigenvalue weighted by Gasteiger charge is 2.17. The topological polar surface area (TPSA) is 26.0 Å². The van der Waals surface area contributed by atoms with Crippen molar-refractivity contribution in [1.82, 2.24) is 0 Å².